The topological polar surface area (TPSA) is 3.24 Å². The van der Waals surface area contributed by atoms with E-state index < -0.39 is 0 Å². The Morgan fingerprint density at radius 2 is 1.87 bits per heavy atom. The fraction of sp³-hybridized carbons (Fsp3) is 0.455. The first-order valence-corrected chi connectivity index (χ1v) is 6.96. The first kappa shape index (κ1) is 11.7. The van der Waals surface area contributed by atoms with Gasteiger partial charge in [0.05, 0.1) is 5.69 Å². The third-order valence-corrected chi connectivity index (χ3v) is 4.76. The molecule has 1 fully saturated rings. The van der Waals surface area contributed by atoms with Gasteiger partial charge < -0.3 is 4.90 Å². The molecule has 1 heterocycles. The molecule has 0 N–H and O–H groups in total. The molecule has 0 atom stereocenters. The zero-order valence-electron chi connectivity index (χ0n) is 8.49. The summed E-state index contributed by atoms with van der Waals surface area (Å²) in [6.45, 7) is 4.31. The fourth-order valence-electron chi connectivity index (χ4n) is 1.91. The lowest BCUT2D eigenvalue weighted by molar-refractivity contribution is 0.949. The quantitative estimate of drug-likeness (QED) is 0.703. The summed E-state index contributed by atoms with van der Waals surface area (Å²) in [6, 6.07) is 1.98. The average molecular weight is 353 g/mol. The highest BCUT2D eigenvalue weighted by atomic mass is 79.9. The minimum atomic E-state index is 0.802. The van der Waals surface area contributed by atoms with Gasteiger partial charge in [0.15, 0.2) is 0 Å². The molecule has 1 aromatic rings. The van der Waals surface area contributed by atoms with Crippen LogP contribution in [0.1, 0.15) is 18.4 Å². The maximum Gasteiger partial charge on any atom is 0.0658 e. The molecule has 82 valence electrons. The molecular formula is C11H12Br2ClN. The van der Waals surface area contributed by atoms with Gasteiger partial charge in [-0.2, -0.15) is 0 Å². The molecule has 0 saturated carbocycles. The Labute approximate surface area is 112 Å². The Bertz CT molecular complexity index is 387. The van der Waals surface area contributed by atoms with Gasteiger partial charge in [0, 0.05) is 27.1 Å². The third kappa shape index (κ3) is 2.20. The van der Waals surface area contributed by atoms with Crippen LogP contribution in [-0.2, 0) is 0 Å². The number of halogens is 3. The van der Waals surface area contributed by atoms with Crippen molar-refractivity contribution in [2.75, 3.05) is 18.0 Å². The van der Waals surface area contributed by atoms with Crippen LogP contribution in [0.2, 0.25) is 5.02 Å². The normalized spacial score (nSPS) is 16.1. The van der Waals surface area contributed by atoms with Gasteiger partial charge in [-0.25, -0.2) is 0 Å². The molecule has 2 rings (SSSR count). The van der Waals surface area contributed by atoms with Gasteiger partial charge in [0.25, 0.3) is 0 Å². The zero-order chi connectivity index (χ0) is 11.0. The van der Waals surface area contributed by atoms with E-state index in [2.05, 4.69) is 36.8 Å². The van der Waals surface area contributed by atoms with Crippen molar-refractivity contribution in [1.82, 2.24) is 0 Å². The Balaban J connectivity index is 2.50. The molecule has 0 amide bonds. The van der Waals surface area contributed by atoms with E-state index in [-0.39, 0.29) is 0 Å². The summed E-state index contributed by atoms with van der Waals surface area (Å²) in [5, 5.41) is 0.802. The molecule has 0 unspecified atom stereocenters. The maximum atomic E-state index is 6.12. The lowest BCUT2D eigenvalue weighted by atomic mass is 10.2. The summed E-state index contributed by atoms with van der Waals surface area (Å²) in [4.78, 5) is 2.40. The molecule has 0 aliphatic carbocycles. The van der Waals surface area contributed by atoms with E-state index in [1.165, 1.54) is 18.5 Å². The molecular weight excluding hydrogens is 341 g/mol. The molecule has 0 aromatic heterocycles. The lowest BCUT2D eigenvalue weighted by Crippen LogP contribution is -2.19. The van der Waals surface area contributed by atoms with Crippen LogP contribution in [-0.4, -0.2) is 13.1 Å². The van der Waals surface area contributed by atoms with Crippen LogP contribution in [0, 0.1) is 6.92 Å². The second kappa shape index (κ2) is 4.64. The van der Waals surface area contributed by atoms with E-state index in [0.29, 0.717) is 0 Å². The highest BCUT2D eigenvalue weighted by molar-refractivity contribution is 9.11. The van der Waals surface area contributed by atoms with E-state index in [0.717, 1.165) is 32.6 Å². The average Bonchev–Trinajstić information content (AvgIpc) is 2.68. The van der Waals surface area contributed by atoms with E-state index in [1.807, 2.05) is 13.0 Å². The van der Waals surface area contributed by atoms with Crippen molar-refractivity contribution in [3.8, 4) is 0 Å². The third-order valence-electron chi connectivity index (χ3n) is 2.80. The second-order valence-electron chi connectivity index (χ2n) is 3.82. The van der Waals surface area contributed by atoms with Crippen LogP contribution in [0.5, 0.6) is 0 Å². The fourth-order valence-corrected chi connectivity index (χ4v) is 3.98. The Morgan fingerprint density at radius 1 is 1.27 bits per heavy atom. The molecule has 0 bridgehead atoms. The summed E-state index contributed by atoms with van der Waals surface area (Å²) < 4.78 is 2.19. The largest absolute Gasteiger partial charge is 0.370 e. The molecule has 1 nitrogen and oxygen atoms in total. The molecule has 1 aromatic carbocycles. The van der Waals surface area contributed by atoms with Crippen LogP contribution in [0.15, 0.2) is 15.0 Å². The van der Waals surface area contributed by atoms with Gasteiger partial charge in [0.2, 0.25) is 0 Å². The first-order chi connectivity index (χ1) is 7.11. The molecule has 0 spiro atoms. The van der Waals surface area contributed by atoms with Gasteiger partial charge in [-0.15, -0.1) is 0 Å². The SMILES string of the molecule is Cc1c(Cl)cc(Br)c(N2CCCC2)c1Br. The number of hydrogen-bond donors (Lipinski definition) is 0. The minimum Gasteiger partial charge on any atom is -0.370 e. The van der Waals surface area contributed by atoms with E-state index in [1.54, 1.807) is 0 Å². The predicted molar refractivity (Wildman–Crippen MR) is 73.0 cm³/mol. The smallest absolute Gasteiger partial charge is 0.0658 e. The van der Waals surface area contributed by atoms with Gasteiger partial charge in [-0.3, -0.25) is 0 Å². The standard InChI is InChI=1S/C11H12Br2ClN/c1-7-9(14)6-8(12)11(10(7)13)15-4-2-3-5-15/h6H,2-5H2,1H3. The van der Waals surface area contributed by atoms with Crippen LogP contribution in [0.25, 0.3) is 0 Å². The van der Waals surface area contributed by atoms with Crippen LogP contribution < -0.4 is 4.90 Å². The van der Waals surface area contributed by atoms with Crippen LogP contribution in [0.3, 0.4) is 0 Å². The lowest BCUT2D eigenvalue weighted by Gasteiger charge is -2.22. The Morgan fingerprint density at radius 3 is 2.47 bits per heavy atom. The van der Waals surface area contributed by atoms with E-state index in [4.69, 9.17) is 11.6 Å². The summed E-state index contributed by atoms with van der Waals surface area (Å²) in [5.41, 5.74) is 2.36. The van der Waals surface area contributed by atoms with Gasteiger partial charge >= 0.3 is 0 Å². The van der Waals surface area contributed by atoms with E-state index in [9.17, 15) is 0 Å². The Hall–Kier alpha value is 0.270. The molecule has 1 saturated heterocycles. The number of rotatable bonds is 1. The molecule has 15 heavy (non-hydrogen) atoms. The predicted octanol–water partition coefficient (Wildman–Crippen LogP) is 4.77. The van der Waals surface area contributed by atoms with Crippen molar-refractivity contribution in [2.24, 2.45) is 0 Å². The highest BCUT2D eigenvalue weighted by Gasteiger charge is 2.20. The van der Waals surface area contributed by atoms with Gasteiger partial charge in [-0.05, 0) is 63.3 Å². The first-order valence-electron chi connectivity index (χ1n) is 5.00. The van der Waals surface area contributed by atoms with Crippen molar-refractivity contribution in [1.29, 1.82) is 0 Å². The summed E-state index contributed by atoms with van der Waals surface area (Å²) in [6.07, 6.45) is 2.56. The second-order valence-corrected chi connectivity index (χ2v) is 5.88. The summed E-state index contributed by atoms with van der Waals surface area (Å²) in [5.74, 6) is 0. The maximum absolute atomic E-state index is 6.12. The van der Waals surface area contributed by atoms with Gasteiger partial charge in [-0.1, -0.05) is 11.6 Å². The van der Waals surface area contributed by atoms with E-state index >= 15 is 0 Å². The minimum absolute atomic E-state index is 0.802. The van der Waals surface area contributed by atoms with Crippen molar-refractivity contribution in [3.05, 3.63) is 25.6 Å². The monoisotopic (exact) mass is 351 g/mol. The molecule has 0 radical (unpaired) electrons. The van der Waals surface area contributed by atoms with Crippen molar-refractivity contribution >= 4 is 49.1 Å². The van der Waals surface area contributed by atoms with Crippen LogP contribution in [0.4, 0.5) is 5.69 Å². The molecule has 4 heteroatoms. The molecule has 1 aliphatic heterocycles. The zero-order valence-corrected chi connectivity index (χ0v) is 12.4. The highest BCUT2D eigenvalue weighted by Crippen LogP contribution is 2.41. The summed E-state index contributed by atoms with van der Waals surface area (Å²) in [7, 11) is 0. The molecule has 1 aliphatic rings. The summed E-state index contributed by atoms with van der Waals surface area (Å²) >= 11 is 13.3. The number of nitrogens with zero attached hydrogens (tertiary/aromatic N) is 1. The Kier molecular flexibility index (Phi) is 3.63. The van der Waals surface area contributed by atoms with Crippen molar-refractivity contribution < 1.29 is 0 Å². The van der Waals surface area contributed by atoms with Crippen LogP contribution >= 0.6 is 43.5 Å². The van der Waals surface area contributed by atoms with Crippen molar-refractivity contribution in [2.45, 2.75) is 19.8 Å². The van der Waals surface area contributed by atoms with Gasteiger partial charge in [0.1, 0.15) is 0 Å². The number of benzene rings is 1. The van der Waals surface area contributed by atoms with Crippen molar-refractivity contribution in [3.63, 3.8) is 0 Å². The number of anilines is 1. The number of hydrogen-bond acceptors (Lipinski definition) is 1.